The van der Waals surface area contributed by atoms with Crippen LogP contribution in [0.2, 0.25) is 0 Å². The van der Waals surface area contributed by atoms with Gasteiger partial charge < -0.3 is 4.52 Å². The lowest BCUT2D eigenvalue weighted by Crippen LogP contribution is -2.05. The summed E-state index contributed by atoms with van der Waals surface area (Å²) in [5.74, 6) is 0.687. The molecule has 0 radical (unpaired) electrons. The van der Waals surface area contributed by atoms with E-state index in [1.54, 1.807) is 0 Å². The van der Waals surface area contributed by atoms with E-state index in [2.05, 4.69) is 0 Å². The van der Waals surface area contributed by atoms with Gasteiger partial charge >= 0.3 is 0 Å². The van der Waals surface area contributed by atoms with E-state index >= 15 is 0 Å². The van der Waals surface area contributed by atoms with Crippen LogP contribution in [-0.2, 0) is 14.8 Å². The van der Waals surface area contributed by atoms with Crippen LogP contribution in [0.3, 0.4) is 0 Å². The summed E-state index contributed by atoms with van der Waals surface area (Å²) in [5, 5.41) is 0.783. The van der Waals surface area contributed by atoms with Crippen molar-refractivity contribution in [3.05, 3.63) is 65.7 Å². The second-order valence-corrected chi connectivity index (χ2v) is 9.04. The normalized spacial score (nSPS) is 13.9. The van der Waals surface area contributed by atoms with Gasteiger partial charge in [0.2, 0.25) is 0 Å². The molecule has 0 aliphatic heterocycles. The van der Waals surface area contributed by atoms with Crippen LogP contribution in [0.25, 0.3) is 0 Å². The van der Waals surface area contributed by atoms with E-state index in [-0.39, 0.29) is 0 Å². The van der Waals surface area contributed by atoms with Crippen LogP contribution >= 0.6 is 18.0 Å². The minimum Gasteiger partial charge on any atom is -0.318 e. The van der Waals surface area contributed by atoms with Crippen molar-refractivity contribution in [1.82, 2.24) is 0 Å². The molecule has 0 aliphatic carbocycles. The molecule has 2 aromatic rings. The number of hydrogen-bond acceptors (Lipinski definition) is 3. The Labute approximate surface area is 124 Å². The highest BCUT2D eigenvalue weighted by molar-refractivity contribution is 8.58. The van der Waals surface area contributed by atoms with Crippen molar-refractivity contribution in [2.45, 2.75) is 19.6 Å². The molecule has 0 fully saturated rings. The van der Waals surface area contributed by atoms with Crippen LogP contribution in [0.15, 0.2) is 54.6 Å². The minimum atomic E-state index is -2.84. The summed E-state index contributed by atoms with van der Waals surface area (Å²) in [4.78, 5) is 0. The highest BCUT2D eigenvalue weighted by Crippen LogP contribution is 2.59. The van der Waals surface area contributed by atoms with Gasteiger partial charge in [0.1, 0.15) is 0 Å². The average Bonchev–Trinajstić information content (AvgIpc) is 2.47. The summed E-state index contributed by atoms with van der Waals surface area (Å²) < 4.78 is 18.6. The Morgan fingerprint density at radius 2 is 1.70 bits per heavy atom. The summed E-state index contributed by atoms with van der Waals surface area (Å²) in [7, 11) is 0. The summed E-state index contributed by atoms with van der Waals surface area (Å²) in [6.07, 6.45) is 0. The molecule has 0 saturated heterocycles. The van der Waals surface area contributed by atoms with Gasteiger partial charge in [0.15, 0.2) is 0 Å². The van der Waals surface area contributed by atoms with Crippen molar-refractivity contribution in [1.29, 1.82) is 0 Å². The molecule has 4 heteroatoms. The molecule has 0 aromatic heterocycles. The Morgan fingerprint density at radius 3 is 2.30 bits per heavy atom. The fourth-order valence-electron chi connectivity index (χ4n) is 1.82. The van der Waals surface area contributed by atoms with E-state index < -0.39 is 6.57 Å². The molecule has 20 heavy (non-hydrogen) atoms. The number of rotatable bonds is 6. The molecular weight excluding hydrogens is 287 g/mol. The Kier molecular flexibility index (Phi) is 5.47. The lowest BCUT2D eigenvalue weighted by molar-refractivity contribution is 0.353. The maximum atomic E-state index is 13.0. The molecular formula is C16H19O2PS. The largest absolute Gasteiger partial charge is 0.318 e. The molecule has 2 nitrogen and oxygen atoms in total. The molecule has 0 aliphatic rings. The van der Waals surface area contributed by atoms with E-state index in [1.165, 1.54) is 11.4 Å². The Morgan fingerprint density at radius 1 is 1.05 bits per heavy atom. The molecule has 1 unspecified atom stereocenters. The minimum absolute atomic E-state index is 0.451. The van der Waals surface area contributed by atoms with Crippen molar-refractivity contribution in [2.75, 3.05) is 6.61 Å². The summed E-state index contributed by atoms with van der Waals surface area (Å²) in [5.41, 5.74) is 2.31. The smallest absolute Gasteiger partial charge is 0.287 e. The Balaban J connectivity index is 2.17. The van der Waals surface area contributed by atoms with Crippen LogP contribution in [-0.4, -0.2) is 6.61 Å². The van der Waals surface area contributed by atoms with Crippen LogP contribution < -0.4 is 5.30 Å². The van der Waals surface area contributed by atoms with E-state index in [4.69, 9.17) is 4.52 Å². The molecule has 0 N–H and O–H groups in total. The summed E-state index contributed by atoms with van der Waals surface area (Å²) in [6.45, 7) is 1.51. The maximum absolute atomic E-state index is 13.0. The molecule has 2 aromatic carbocycles. The topological polar surface area (TPSA) is 26.3 Å². The molecule has 0 saturated carbocycles. The van der Waals surface area contributed by atoms with Gasteiger partial charge in [-0.3, -0.25) is 4.57 Å². The molecule has 1 atom stereocenters. The molecule has 0 heterocycles. The predicted octanol–water partition coefficient (Wildman–Crippen LogP) is 4.78. The third kappa shape index (κ3) is 3.99. The SMILES string of the molecule is CCOP(=O)(SCc1ccccc1)c1ccc(C)cc1. The third-order valence-electron chi connectivity index (χ3n) is 2.89. The van der Waals surface area contributed by atoms with Gasteiger partial charge in [-0.2, -0.15) is 0 Å². The molecule has 0 bridgehead atoms. The second-order valence-electron chi connectivity index (χ2n) is 4.51. The average molecular weight is 306 g/mol. The van der Waals surface area contributed by atoms with Crippen LogP contribution in [0.5, 0.6) is 0 Å². The van der Waals surface area contributed by atoms with Crippen molar-refractivity contribution in [2.24, 2.45) is 0 Å². The standard InChI is InChI=1S/C16H19O2PS/c1-3-18-19(17,16-11-9-14(2)10-12-16)20-13-15-7-5-4-6-8-15/h4-12H,3,13H2,1-2H3. The van der Waals surface area contributed by atoms with Crippen LogP contribution in [0.4, 0.5) is 0 Å². The van der Waals surface area contributed by atoms with Crippen molar-refractivity contribution < 1.29 is 9.09 Å². The zero-order valence-electron chi connectivity index (χ0n) is 11.8. The van der Waals surface area contributed by atoms with Gasteiger partial charge in [-0.15, -0.1) is 0 Å². The quantitative estimate of drug-likeness (QED) is 0.718. The van der Waals surface area contributed by atoms with E-state index in [0.717, 1.165) is 16.4 Å². The van der Waals surface area contributed by atoms with Crippen molar-refractivity contribution >= 4 is 23.3 Å². The van der Waals surface area contributed by atoms with Gasteiger partial charge in [0.05, 0.1) is 6.61 Å². The second kappa shape index (κ2) is 7.12. The number of benzene rings is 2. The van der Waals surface area contributed by atoms with Gasteiger partial charge in [0, 0.05) is 11.1 Å². The molecule has 2 rings (SSSR count). The first kappa shape index (κ1) is 15.4. The van der Waals surface area contributed by atoms with Crippen LogP contribution in [0.1, 0.15) is 18.1 Å². The van der Waals surface area contributed by atoms with Crippen molar-refractivity contribution in [3.8, 4) is 0 Å². The highest BCUT2D eigenvalue weighted by atomic mass is 32.7. The fourth-order valence-corrected chi connectivity index (χ4v) is 5.86. The first-order chi connectivity index (χ1) is 9.64. The first-order valence-electron chi connectivity index (χ1n) is 6.64. The lowest BCUT2D eigenvalue weighted by Gasteiger charge is -2.17. The van der Waals surface area contributed by atoms with E-state index in [9.17, 15) is 4.57 Å². The number of hydrogen-bond donors (Lipinski definition) is 0. The van der Waals surface area contributed by atoms with E-state index in [1.807, 2.05) is 68.4 Å². The monoisotopic (exact) mass is 306 g/mol. The van der Waals surface area contributed by atoms with Gasteiger partial charge in [-0.05, 0) is 31.5 Å². The summed E-state index contributed by atoms with van der Waals surface area (Å²) >= 11 is 1.39. The van der Waals surface area contributed by atoms with Gasteiger partial charge in [0.25, 0.3) is 6.57 Å². The molecule has 0 spiro atoms. The highest BCUT2D eigenvalue weighted by Gasteiger charge is 2.26. The zero-order chi connectivity index (χ0) is 14.4. The zero-order valence-corrected chi connectivity index (χ0v) is 13.5. The number of aryl methyl sites for hydroxylation is 1. The Hall–Kier alpha value is -1.02. The van der Waals surface area contributed by atoms with Crippen molar-refractivity contribution in [3.63, 3.8) is 0 Å². The molecule has 0 amide bonds. The van der Waals surface area contributed by atoms with Crippen LogP contribution in [0, 0.1) is 6.92 Å². The Bertz CT molecular complexity index is 581. The molecule has 106 valence electrons. The third-order valence-corrected chi connectivity index (χ3v) is 7.58. The fraction of sp³-hybridized carbons (Fsp3) is 0.250. The summed E-state index contributed by atoms with van der Waals surface area (Å²) in [6, 6.07) is 17.8. The maximum Gasteiger partial charge on any atom is 0.287 e. The predicted molar refractivity (Wildman–Crippen MR) is 87.8 cm³/mol. The lowest BCUT2D eigenvalue weighted by atomic mass is 10.2. The van der Waals surface area contributed by atoms with Gasteiger partial charge in [-0.1, -0.05) is 59.4 Å². The first-order valence-corrected chi connectivity index (χ1v) is 9.86. The van der Waals surface area contributed by atoms with Gasteiger partial charge in [-0.25, -0.2) is 0 Å². The van der Waals surface area contributed by atoms with E-state index in [0.29, 0.717) is 12.4 Å².